The fourth-order valence-electron chi connectivity index (χ4n) is 2.61. The highest BCUT2D eigenvalue weighted by molar-refractivity contribution is 5.98. The Hall–Kier alpha value is -1.82. The lowest BCUT2D eigenvalue weighted by atomic mass is 9.89. The van der Waals surface area contributed by atoms with E-state index in [2.05, 4.69) is 6.07 Å². The molecule has 0 bridgehead atoms. The molecule has 0 saturated heterocycles. The van der Waals surface area contributed by atoms with Crippen LogP contribution < -0.4 is 4.74 Å². The molecule has 1 aromatic carbocycles. The van der Waals surface area contributed by atoms with E-state index < -0.39 is 0 Å². The molecule has 0 amide bonds. The van der Waals surface area contributed by atoms with Crippen molar-refractivity contribution in [1.29, 1.82) is 5.26 Å². The maximum Gasteiger partial charge on any atom is 0.163 e. The van der Waals surface area contributed by atoms with Gasteiger partial charge in [-0.2, -0.15) is 5.26 Å². The molecule has 2 rings (SSSR count). The molecule has 0 spiro atoms. The van der Waals surface area contributed by atoms with Crippen molar-refractivity contribution in [3.05, 3.63) is 29.3 Å². The Morgan fingerprint density at radius 3 is 2.86 bits per heavy atom. The van der Waals surface area contributed by atoms with Crippen LogP contribution in [0.2, 0.25) is 0 Å². The quantitative estimate of drug-likeness (QED) is 0.732. The van der Waals surface area contributed by atoms with Crippen LogP contribution in [-0.2, 0) is 6.42 Å². The molecule has 1 aliphatic rings. The number of ketones is 1. The van der Waals surface area contributed by atoms with Gasteiger partial charge in [0, 0.05) is 12.0 Å². The third-order valence-corrected chi connectivity index (χ3v) is 4.00. The number of carbonyl (C=O) groups is 1. The highest BCUT2D eigenvalue weighted by Gasteiger charge is 2.18. The third-order valence-electron chi connectivity index (χ3n) is 4.00. The average Bonchev–Trinajstić information content (AvgIpc) is 2.47. The van der Waals surface area contributed by atoms with Gasteiger partial charge in [-0.3, -0.25) is 4.79 Å². The lowest BCUT2D eigenvalue weighted by Gasteiger charge is -2.16. The van der Waals surface area contributed by atoms with E-state index in [1.54, 1.807) is 0 Å². The van der Waals surface area contributed by atoms with Gasteiger partial charge in [0.25, 0.3) is 0 Å². The van der Waals surface area contributed by atoms with Crippen LogP contribution in [0.4, 0.5) is 0 Å². The molecule has 1 aliphatic carbocycles. The average molecular weight is 285 g/mol. The van der Waals surface area contributed by atoms with E-state index in [1.807, 2.05) is 32.0 Å². The topological polar surface area (TPSA) is 50.1 Å². The van der Waals surface area contributed by atoms with Crippen LogP contribution >= 0.6 is 0 Å². The van der Waals surface area contributed by atoms with Crippen LogP contribution in [0.15, 0.2) is 18.2 Å². The maximum absolute atomic E-state index is 11.9. The number of hydrogen-bond donors (Lipinski definition) is 0. The first-order valence-electron chi connectivity index (χ1n) is 7.72. The minimum atomic E-state index is -0.252. The Labute approximate surface area is 126 Å². The van der Waals surface area contributed by atoms with Crippen molar-refractivity contribution in [2.45, 2.75) is 52.4 Å². The lowest BCUT2D eigenvalue weighted by Crippen LogP contribution is -2.11. The molecule has 0 aromatic heterocycles. The number of aryl methyl sites for hydroxylation is 1. The predicted molar refractivity (Wildman–Crippen MR) is 82.5 cm³/mol. The van der Waals surface area contributed by atoms with Gasteiger partial charge in [0.2, 0.25) is 0 Å². The molecular formula is C18H23NO2. The second kappa shape index (κ2) is 6.76. The number of carbonyl (C=O) groups excluding carboxylic acids is 1. The number of fused-ring (bicyclic) bond motifs is 1. The largest absolute Gasteiger partial charge is 0.494 e. The first-order valence-corrected chi connectivity index (χ1v) is 7.72. The van der Waals surface area contributed by atoms with E-state index in [4.69, 9.17) is 10.00 Å². The summed E-state index contributed by atoms with van der Waals surface area (Å²) < 4.78 is 5.73. The van der Waals surface area contributed by atoms with Gasteiger partial charge < -0.3 is 4.74 Å². The van der Waals surface area contributed by atoms with Crippen LogP contribution in [0.5, 0.6) is 5.75 Å². The van der Waals surface area contributed by atoms with Crippen molar-refractivity contribution in [3.8, 4) is 11.8 Å². The molecule has 3 nitrogen and oxygen atoms in total. The summed E-state index contributed by atoms with van der Waals surface area (Å²) in [4.78, 5) is 11.9. The summed E-state index contributed by atoms with van der Waals surface area (Å²) in [5.74, 6) is 1.01. The highest BCUT2D eigenvalue weighted by atomic mass is 16.5. The SMILES string of the molecule is CC(C)(C#N)CCCCOc1ccc2c(c1)C(=O)CCC2. The molecule has 0 aliphatic heterocycles. The van der Waals surface area contributed by atoms with Gasteiger partial charge in [-0.15, -0.1) is 0 Å². The molecule has 0 heterocycles. The normalized spacial score (nSPS) is 14.4. The molecule has 0 N–H and O–H groups in total. The molecule has 3 heteroatoms. The zero-order chi connectivity index (χ0) is 15.3. The minimum Gasteiger partial charge on any atom is -0.494 e. The van der Waals surface area contributed by atoms with E-state index in [-0.39, 0.29) is 11.2 Å². The molecule has 0 atom stereocenters. The van der Waals surface area contributed by atoms with Gasteiger partial charge in [-0.05, 0) is 63.6 Å². The fraction of sp³-hybridized carbons (Fsp3) is 0.556. The standard InChI is InChI=1S/C18H23NO2/c1-18(2,13-19)10-3-4-11-21-15-9-8-14-6-5-7-17(20)16(14)12-15/h8-9,12H,3-7,10-11H2,1-2H3. The summed E-state index contributed by atoms with van der Waals surface area (Å²) in [6.07, 6.45) is 5.39. The maximum atomic E-state index is 11.9. The fourth-order valence-corrected chi connectivity index (χ4v) is 2.61. The zero-order valence-corrected chi connectivity index (χ0v) is 12.9. The summed E-state index contributed by atoms with van der Waals surface area (Å²) >= 11 is 0. The Kier molecular flexibility index (Phi) is 5.01. The van der Waals surface area contributed by atoms with Crippen LogP contribution in [0.3, 0.4) is 0 Å². The molecule has 0 radical (unpaired) electrons. The summed E-state index contributed by atoms with van der Waals surface area (Å²) in [7, 11) is 0. The molecule has 0 saturated carbocycles. The second-order valence-electron chi connectivity index (χ2n) is 6.40. The van der Waals surface area contributed by atoms with Crippen molar-refractivity contribution < 1.29 is 9.53 Å². The van der Waals surface area contributed by atoms with Gasteiger partial charge in [0.05, 0.1) is 18.1 Å². The van der Waals surface area contributed by atoms with Crippen LogP contribution in [0.1, 0.15) is 61.9 Å². The van der Waals surface area contributed by atoms with Gasteiger partial charge in [-0.1, -0.05) is 6.07 Å². The van der Waals surface area contributed by atoms with Crippen LogP contribution in [0, 0.1) is 16.7 Å². The van der Waals surface area contributed by atoms with Crippen molar-refractivity contribution in [2.75, 3.05) is 6.61 Å². The van der Waals surface area contributed by atoms with Crippen LogP contribution in [-0.4, -0.2) is 12.4 Å². The summed E-state index contributed by atoms with van der Waals surface area (Å²) in [5, 5.41) is 8.95. The van der Waals surface area contributed by atoms with E-state index in [0.29, 0.717) is 13.0 Å². The van der Waals surface area contributed by atoms with E-state index in [0.717, 1.165) is 49.0 Å². The Bertz CT molecular complexity index is 555. The summed E-state index contributed by atoms with van der Waals surface area (Å²) in [6, 6.07) is 8.16. The van der Waals surface area contributed by atoms with E-state index >= 15 is 0 Å². The van der Waals surface area contributed by atoms with E-state index in [1.165, 1.54) is 0 Å². The van der Waals surface area contributed by atoms with Crippen molar-refractivity contribution in [2.24, 2.45) is 5.41 Å². The van der Waals surface area contributed by atoms with Crippen molar-refractivity contribution >= 4 is 5.78 Å². The predicted octanol–water partition coefficient (Wildman–Crippen LogP) is 4.30. The van der Waals surface area contributed by atoms with Crippen LogP contribution in [0.25, 0.3) is 0 Å². The molecule has 0 fully saturated rings. The van der Waals surface area contributed by atoms with Gasteiger partial charge in [0.1, 0.15) is 5.75 Å². The van der Waals surface area contributed by atoms with Gasteiger partial charge in [0.15, 0.2) is 5.78 Å². The monoisotopic (exact) mass is 285 g/mol. The number of hydrogen-bond acceptors (Lipinski definition) is 3. The summed E-state index contributed by atoms with van der Waals surface area (Å²) in [6.45, 7) is 4.56. The van der Waals surface area contributed by atoms with Gasteiger partial charge in [-0.25, -0.2) is 0 Å². The number of nitrogens with zero attached hydrogens (tertiary/aromatic N) is 1. The summed E-state index contributed by atoms with van der Waals surface area (Å²) in [5.41, 5.74) is 1.73. The first kappa shape index (κ1) is 15.6. The number of benzene rings is 1. The zero-order valence-electron chi connectivity index (χ0n) is 12.9. The number of ether oxygens (including phenoxy) is 1. The lowest BCUT2D eigenvalue weighted by molar-refractivity contribution is 0.0972. The minimum absolute atomic E-state index is 0.234. The van der Waals surface area contributed by atoms with E-state index in [9.17, 15) is 4.79 Å². The molecule has 0 unspecified atom stereocenters. The molecule has 1 aromatic rings. The Morgan fingerprint density at radius 1 is 1.29 bits per heavy atom. The third kappa shape index (κ3) is 4.32. The molecule has 112 valence electrons. The van der Waals surface area contributed by atoms with Gasteiger partial charge >= 0.3 is 0 Å². The number of nitriles is 1. The smallest absolute Gasteiger partial charge is 0.163 e. The highest BCUT2D eigenvalue weighted by Crippen LogP contribution is 2.26. The number of Topliss-reactive ketones (excluding diaryl/α,β-unsaturated/α-hetero) is 1. The number of rotatable bonds is 6. The Balaban J connectivity index is 1.81. The first-order chi connectivity index (χ1) is 10.0. The molecular weight excluding hydrogens is 262 g/mol. The van der Waals surface area contributed by atoms with Crippen molar-refractivity contribution in [1.82, 2.24) is 0 Å². The molecule has 21 heavy (non-hydrogen) atoms. The number of unbranched alkanes of at least 4 members (excludes halogenated alkanes) is 1. The van der Waals surface area contributed by atoms with Crippen molar-refractivity contribution in [3.63, 3.8) is 0 Å². The Morgan fingerprint density at radius 2 is 2.10 bits per heavy atom. The second-order valence-corrected chi connectivity index (χ2v) is 6.40.